The standard InChI is InChI=1S/C25H21N3O4/c1-3-28-21-7-5-4-6-18(21)19-13-17(9-11-22(19)28)27-24(29)15(2)32-25(30)16-8-10-20-23(12-16)31-14-26-20/h4-15H,3H2,1-2H3,(H,27,29). The molecule has 1 atom stereocenters. The summed E-state index contributed by atoms with van der Waals surface area (Å²) in [6.45, 7) is 4.50. The minimum atomic E-state index is -0.972. The lowest BCUT2D eigenvalue weighted by atomic mass is 10.1. The zero-order chi connectivity index (χ0) is 22.2. The third-order valence-electron chi connectivity index (χ3n) is 5.58. The van der Waals surface area contributed by atoms with Gasteiger partial charge in [-0.05, 0) is 56.3 Å². The number of para-hydroxylation sites is 1. The van der Waals surface area contributed by atoms with Gasteiger partial charge in [0.25, 0.3) is 5.91 Å². The van der Waals surface area contributed by atoms with E-state index in [1.807, 2.05) is 30.3 Å². The second-order valence-electron chi connectivity index (χ2n) is 7.56. The van der Waals surface area contributed by atoms with Crippen LogP contribution >= 0.6 is 0 Å². The number of rotatable bonds is 5. The summed E-state index contributed by atoms with van der Waals surface area (Å²) in [4.78, 5) is 29.2. The predicted molar refractivity (Wildman–Crippen MR) is 123 cm³/mol. The fourth-order valence-corrected chi connectivity index (χ4v) is 3.98. The molecule has 0 saturated carbocycles. The van der Waals surface area contributed by atoms with E-state index in [0.29, 0.717) is 22.4 Å². The molecule has 2 aromatic heterocycles. The van der Waals surface area contributed by atoms with Crippen molar-refractivity contribution in [2.45, 2.75) is 26.5 Å². The highest BCUT2D eigenvalue weighted by Crippen LogP contribution is 2.31. The second kappa shape index (κ2) is 7.85. The first-order valence-corrected chi connectivity index (χ1v) is 10.4. The first-order valence-electron chi connectivity index (χ1n) is 10.4. The number of oxazole rings is 1. The molecule has 5 rings (SSSR count). The van der Waals surface area contributed by atoms with Crippen LogP contribution in [0.5, 0.6) is 0 Å². The van der Waals surface area contributed by atoms with Gasteiger partial charge in [-0.2, -0.15) is 0 Å². The average molecular weight is 427 g/mol. The van der Waals surface area contributed by atoms with Crippen LogP contribution in [0.4, 0.5) is 5.69 Å². The summed E-state index contributed by atoms with van der Waals surface area (Å²) in [6, 6.07) is 18.8. The average Bonchev–Trinajstić information content (AvgIpc) is 3.40. The molecule has 0 bridgehead atoms. The smallest absolute Gasteiger partial charge is 0.339 e. The van der Waals surface area contributed by atoms with E-state index >= 15 is 0 Å². The number of amides is 1. The predicted octanol–water partition coefficient (Wildman–Crippen LogP) is 5.14. The van der Waals surface area contributed by atoms with Crippen molar-refractivity contribution >= 4 is 50.5 Å². The Morgan fingerprint density at radius 2 is 1.88 bits per heavy atom. The molecular weight excluding hydrogens is 406 g/mol. The molecule has 1 N–H and O–H groups in total. The summed E-state index contributed by atoms with van der Waals surface area (Å²) in [5.74, 6) is -1.01. The molecule has 3 aromatic carbocycles. The summed E-state index contributed by atoms with van der Waals surface area (Å²) < 4.78 is 12.8. The molecule has 0 saturated heterocycles. The molecule has 1 amide bonds. The highest BCUT2D eigenvalue weighted by Gasteiger charge is 2.20. The third-order valence-corrected chi connectivity index (χ3v) is 5.58. The van der Waals surface area contributed by atoms with Gasteiger partial charge in [0.05, 0.1) is 5.56 Å². The molecule has 0 radical (unpaired) electrons. The van der Waals surface area contributed by atoms with Crippen LogP contribution in [0, 0.1) is 0 Å². The van der Waals surface area contributed by atoms with Gasteiger partial charge in [-0.25, -0.2) is 9.78 Å². The van der Waals surface area contributed by atoms with Crippen LogP contribution < -0.4 is 5.32 Å². The Morgan fingerprint density at radius 3 is 2.72 bits per heavy atom. The van der Waals surface area contributed by atoms with Gasteiger partial charge in [0.2, 0.25) is 0 Å². The van der Waals surface area contributed by atoms with Gasteiger partial charge in [-0.1, -0.05) is 18.2 Å². The molecule has 32 heavy (non-hydrogen) atoms. The van der Waals surface area contributed by atoms with Gasteiger partial charge in [-0.3, -0.25) is 4.79 Å². The summed E-state index contributed by atoms with van der Waals surface area (Å²) in [5, 5.41) is 5.04. The number of carbonyl (C=O) groups excluding carboxylic acids is 2. The van der Waals surface area contributed by atoms with Crippen molar-refractivity contribution in [2.75, 3.05) is 5.32 Å². The van der Waals surface area contributed by atoms with Crippen LogP contribution in [0.15, 0.2) is 71.5 Å². The lowest BCUT2D eigenvalue weighted by Gasteiger charge is -2.14. The summed E-state index contributed by atoms with van der Waals surface area (Å²) in [7, 11) is 0. The largest absolute Gasteiger partial charge is 0.449 e. The fourth-order valence-electron chi connectivity index (χ4n) is 3.98. The van der Waals surface area contributed by atoms with Gasteiger partial charge in [0.1, 0.15) is 5.52 Å². The quantitative estimate of drug-likeness (QED) is 0.393. The number of aromatic nitrogens is 2. The number of anilines is 1. The van der Waals surface area contributed by atoms with Crippen LogP contribution in [-0.2, 0) is 16.1 Å². The van der Waals surface area contributed by atoms with Crippen LogP contribution in [0.1, 0.15) is 24.2 Å². The number of hydrogen-bond acceptors (Lipinski definition) is 5. The van der Waals surface area contributed by atoms with E-state index < -0.39 is 18.0 Å². The topological polar surface area (TPSA) is 86.4 Å². The van der Waals surface area contributed by atoms with Crippen molar-refractivity contribution in [3.63, 3.8) is 0 Å². The number of nitrogens with one attached hydrogen (secondary N) is 1. The van der Waals surface area contributed by atoms with E-state index in [0.717, 1.165) is 28.4 Å². The third kappa shape index (κ3) is 3.37. The van der Waals surface area contributed by atoms with Crippen LogP contribution in [0.2, 0.25) is 0 Å². The van der Waals surface area contributed by atoms with Crippen molar-refractivity contribution < 1.29 is 18.7 Å². The first kappa shape index (κ1) is 19.8. The Labute approximate surface area is 183 Å². The van der Waals surface area contributed by atoms with E-state index in [9.17, 15) is 9.59 Å². The minimum Gasteiger partial charge on any atom is -0.449 e. The Bertz CT molecular complexity index is 1480. The van der Waals surface area contributed by atoms with Gasteiger partial charge in [-0.15, -0.1) is 0 Å². The lowest BCUT2D eigenvalue weighted by Crippen LogP contribution is -2.30. The number of benzene rings is 3. The molecule has 0 aliphatic heterocycles. The summed E-state index contributed by atoms with van der Waals surface area (Å²) >= 11 is 0. The number of carbonyl (C=O) groups is 2. The van der Waals surface area contributed by atoms with Crippen molar-refractivity contribution in [3.05, 3.63) is 72.6 Å². The molecular formula is C25H21N3O4. The van der Waals surface area contributed by atoms with Crippen LogP contribution in [0.25, 0.3) is 32.9 Å². The SMILES string of the molecule is CCn1c2ccccc2c2cc(NC(=O)C(C)OC(=O)c3ccc4ncoc4c3)ccc21. The van der Waals surface area contributed by atoms with E-state index in [1.165, 1.54) is 6.39 Å². The summed E-state index contributed by atoms with van der Waals surface area (Å²) in [5.41, 5.74) is 4.33. The minimum absolute atomic E-state index is 0.294. The maximum atomic E-state index is 12.7. The van der Waals surface area contributed by atoms with Crippen LogP contribution in [-0.4, -0.2) is 27.5 Å². The number of aryl methyl sites for hydroxylation is 1. The molecule has 0 fully saturated rings. The molecule has 1 unspecified atom stereocenters. The fraction of sp³-hybridized carbons (Fsp3) is 0.160. The molecule has 0 aliphatic rings. The molecule has 160 valence electrons. The molecule has 0 aliphatic carbocycles. The number of nitrogens with zero attached hydrogens (tertiary/aromatic N) is 2. The van der Waals surface area contributed by atoms with E-state index in [2.05, 4.69) is 33.9 Å². The Hall–Kier alpha value is -4.13. The van der Waals surface area contributed by atoms with Gasteiger partial charge in [0.15, 0.2) is 18.1 Å². The van der Waals surface area contributed by atoms with E-state index in [1.54, 1.807) is 25.1 Å². The number of fused-ring (bicyclic) bond motifs is 4. The first-order chi connectivity index (χ1) is 15.5. The van der Waals surface area contributed by atoms with Gasteiger partial charge in [0, 0.05) is 34.0 Å². The number of hydrogen-bond donors (Lipinski definition) is 1. The molecule has 7 heteroatoms. The van der Waals surface area contributed by atoms with Crippen LogP contribution in [0.3, 0.4) is 0 Å². The normalized spacial score (nSPS) is 12.3. The van der Waals surface area contributed by atoms with Gasteiger partial charge >= 0.3 is 5.97 Å². The molecule has 0 spiro atoms. The van der Waals surface area contributed by atoms with Gasteiger partial charge < -0.3 is 19.0 Å². The number of esters is 1. The molecule has 7 nitrogen and oxygen atoms in total. The Kier molecular flexibility index (Phi) is 4.86. The Balaban J connectivity index is 1.34. The second-order valence-corrected chi connectivity index (χ2v) is 7.56. The maximum Gasteiger partial charge on any atom is 0.339 e. The van der Waals surface area contributed by atoms with E-state index in [4.69, 9.17) is 9.15 Å². The monoisotopic (exact) mass is 427 g/mol. The molecule has 2 heterocycles. The van der Waals surface area contributed by atoms with Crippen molar-refractivity contribution in [3.8, 4) is 0 Å². The maximum absolute atomic E-state index is 12.7. The van der Waals surface area contributed by atoms with Crippen molar-refractivity contribution in [2.24, 2.45) is 0 Å². The zero-order valence-corrected chi connectivity index (χ0v) is 17.7. The van der Waals surface area contributed by atoms with Crippen molar-refractivity contribution in [1.82, 2.24) is 9.55 Å². The number of ether oxygens (including phenoxy) is 1. The Morgan fingerprint density at radius 1 is 1.06 bits per heavy atom. The van der Waals surface area contributed by atoms with Crippen molar-refractivity contribution in [1.29, 1.82) is 0 Å². The summed E-state index contributed by atoms with van der Waals surface area (Å²) in [6.07, 6.45) is 0.338. The zero-order valence-electron chi connectivity index (χ0n) is 17.7. The molecule has 5 aromatic rings. The lowest BCUT2D eigenvalue weighted by molar-refractivity contribution is -0.123. The van der Waals surface area contributed by atoms with E-state index in [-0.39, 0.29) is 0 Å². The highest BCUT2D eigenvalue weighted by atomic mass is 16.5. The highest BCUT2D eigenvalue weighted by molar-refractivity contribution is 6.10.